The Morgan fingerprint density at radius 1 is 1.28 bits per heavy atom. The van der Waals surface area contributed by atoms with Crippen molar-refractivity contribution in [1.82, 2.24) is 14.6 Å². The van der Waals surface area contributed by atoms with E-state index < -0.39 is 17.3 Å². The van der Waals surface area contributed by atoms with Crippen LogP contribution in [0.3, 0.4) is 0 Å². The molecule has 0 bridgehead atoms. The van der Waals surface area contributed by atoms with Gasteiger partial charge in [0.15, 0.2) is 0 Å². The molecule has 0 saturated carbocycles. The summed E-state index contributed by atoms with van der Waals surface area (Å²) < 4.78 is 2.50. The van der Waals surface area contributed by atoms with Crippen LogP contribution in [0.15, 0.2) is 47.3 Å². The lowest BCUT2D eigenvalue weighted by Crippen LogP contribution is -2.44. The average molecular weight is 359 g/mol. The van der Waals surface area contributed by atoms with Crippen molar-refractivity contribution in [1.29, 1.82) is 0 Å². The van der Waals surface area contributed by atoms with Crippen molar-refractivity contribution in [2.45, 2.75) is 12.5 Å². The Labute approximate surface area is 147 Å². The van der Waals surface area contributed by atoms with E-state index in [1.165, 1.54) is 5.48 Å². The number of imidazole rings is 1. The van der Waals surface area contributed by atoms with E-state index in [2.05, 4.69) is 5.32 Å². The van der Waals surface area contributed by atoms with Crippen molar-refractivity contribution in [2.24, 2.45) is 0 Å². The van der Waals surface area contributed by atoms with Gasteiger partial charge in [-0.1, -0.05) is 29.8 Å². The number of hydrogen-bond donors (Lipinski definition) is 3. The number of rotatable bonds is 1. The summed E-state index contributed by atoms with van der Waals surface area (Å²) in [7, 11) is 0. The molecule has 4 rings (SSSR count). The third kappa shape index (κ3) is 2.09. The summed E-state index contributed by atoms with van der Waals surface area (Å²) in [6.07, 6.45) is 0. The fraction of sp³-hybridized carbons (Fsp3) is 0.176. The molecule has 3 N–H and O–H groups in total. The number of hydrogen-bond acceptors (Lipinski definition) is 4. The number of para-hydroxylation sites is 2. The molecule has 1 aromatic heterocycles. The molecular weight excluding hydrogens is 344 g/mol. The van der Waals surface area contributed by atoms with Gasteiger partial charge in [-0.2, -0.15) is 0 Å². The summed E-state index contributed by atoms with van der Waals surface area (Å²) in [4.78, 5) is 25.1. The number of amides is 1. The Bertz CT molecular complexity index is 1070. The number of hydroxylamine groups is 1. The molecular formula is C17H15ClN4O3. The minimum Gasteiger partial charge on any atom is -0.382 e. The number of aromatic nitrogens is 2. The summed E-state index contributed by atoms with van der Waals surface area (Å²) in [5.41, 5.74) is 3.08. The third-order valence-electron chi connectivity index (χ3n) is 4.72. The highest BCUT2D eigenvalue weighted by atomic mass is 35.5. The zero-order valence-corrected chi connectivity index (χ0v) is 14.0. The molecule has 1 aliphatic rings. The number of carbonyl (C=O) groups is 1. The molecule has 25 heavy (non-hydrogen) atoms. The Balaban J connectivity index is 2.05. The largest absolute Gasteiger partial charge is 0.382 e. The topological polar surface area (TPSA) is 88.3 Å². The summed E-state index contributed by atoms with van der Waals surface area (Å²) >= 11 is 6.06. The zero-order valence-electron chi connectivity index (χ0n) is 13.3. The molecule has 0 fully saturated rings. The van der Waals surface area contributed by atoms with Crippen molar-refractivity contribution in [3.8, 4) is 0 Å². The Morgan fingerprint density at radius 3 is 2.72 bits per heavy atom. The van der Waals surface area contributed by atoms with Gasteiger partial charge in [-0.25, -0.2) is 19.6 Å². The van der Waals surface area contributed by atoms with E-state index in [1.807, 2.05) is 19.1 Å². The minimum absolute atomic E-state index is 0.419. The normalized spacial score (nSPS) is 18.8. The second-order valence-corrected chi connectivity index (χ2v) is 6.61. The predicted molar refractivity (Wildman–Crippen MR) is 94.6 cm³/mol. The lowest BCUT2D eigenvalue weighted by molar-refractivity contribution is 0.162. The second-order valence-electron chi connectivity index (χ2n) is 6.18. The molecule has 8 heteroatoms. The number of halogens is 1. The van der Waals surface area contributed by atoms with Gasteiger partial charge in [-0.3, -0.25) is 9.77 Å². The van der Waals surface area contributed by atoms with Crippen LogP contribution in [-0.4, -0.2) is 26.9 Å². The van der Waals surface area contributed by atoms with Gasteiger partial charge in [-0.15, -0.1) is 0 Å². The van der Waals surface area contributed by atoms with Gasteiger partial charge >= 0.3 is 11.7 Å². The molecule has 2 aromatic carbocycles. The Hall–Kier alpha value is -2.77. The molecule has 2 heterocycles. The van der Waals surface area contributed by atoms with Crippen molar-refractivity contribution >= 4 is 34.4 Å². The molecule has 7 nitrogen and oxygen atoms in total. The zero-order chi connectivity index (χ0) is 17.8. The highest BCUT2D eigenvalue weighted by Crippen LogP contribution is 2.39. The van der Waals surface area contributed by atoms with Crippen molar-refractivity contribution in [3.05, 3.63) is 63.5 Å². The second kappa shape index (κ2) is 5.37. The quantitative estimate of drug-likeness (QED) is 0.461. The molecule has 1 unspecified atom stereocenters. The lowest BCUT2D eigenvalue weighted by atomic mass is 9.93. The van der Waals surface area contributed by atoms with E-state index in [0.717, 1.165) is 15.8 Å². The molecule has 3 aromatic rings. The number of anilines is 1. The lowest BCUT2D eigenvalue weighted by Gasteiger charge is -2.26. The van der Waals surface area contributed by atoms with E-state index in [1.54, 1.807) is 34.9 Å². The van der Waals surface area contributed by atoms with Gasteiger partial charge in [0.1, 0.15) is 0 Å². The van der Waals surface area contributed by atoms with Gasteiger partial charge in [0, 0.05) is 22.8 Å². The SMILES string of the molecule is CC1(n2c(=O)n(C(=O)NO)c3ccccc32)CNc2cc(Cl)ccc21. The maximum atomic E-state index is 13.1. The number of nitrogens with one attached hydrogen (secondary N) is 2. The van der Waals surface area contributed by atoms with Crippen LogP contribution in [0.4, 0.5) is 10.5 Å². The molecule has 128 valence electrons. The molecule has 0 spiro atoms. The smallest absolute Gasteiger partial charge is 0.353 e. The number of fused-ring (bicyclic) bond motifs is 2. The summed E-state index contributed by atoms with van der Waals surface area (Å²) in [6, 6.07) is 11.5. The molecule has 0 aliphatic carbocycles. The molecule has 1 amide bonds. The first-order chi connectivity index (χ1) is 12.0. The van der Waals surface area contributed by atoms with E-state index in [-0.39, 0.29) is 0 Å². The maximum absolute atomic E-state index is 13.1. The summed E-state index contributed by atoms with van der Waals surface area (Å²) in [6.45, 7) is 2.39. The van der Waals surface area contributed by atoms with Crippen molar-refractivity contribution < 1.29 is 10.0 Å². The van der Waals surface area contributed by atoms with Crippen LogP contribution in [0.1, 0.15) is 12.5 Å². The summed E-state index contributed by atoms with van der Waals surface area (Å²) in [5.74, 6) is 0. The van der Waals surface area contributed by atoms with Crippen LogP contribution in [0.25, 0.3) is 11.0 Å². The van der Waals surface area contributed by atoms with Crippen LogP contribution >= 0.6 is 11.6 Å². The van der Waals surface area contributed by atoms with E-state index in [9.17, 15) is 9.59 Å². The van der Waals surface area contributed by atoms with Crippen LogP contribution in [0.2, 0.25) is 5.02 Å². The first kappa shape index (κ1) is 15.7. The fourth-order valence-electron chi connectivity index (χ4n) is 3.57. The highest BCUT2D eigenvalue weighted by Gasteiger charge is 2.39. The summed E-state index contributed by atoms with van der Waals surface area (Å²) in [5, 5.41) is 12.9. The van der Waals surface area contributed by atoms with E-state index in [0.29, 0.717) is 22.6 Å². The fourth-order valence-corrected chi connectivity index (χ4v) is 3.74. The number of benzene rings is 2. The van der Waals surface area contributed by atoms with Crippen LogP contribution in [-0.2, 0) is 5.54 Å². The molecule has 0 radical (unpaired) electrons. The average Bonchev–Trinajstić information content (AvgIpc) is 3.09. The third-order valence-corrected chi connectivity index (χ3v) is 4.96. The van der Waals surface area contributed by atoms with Gasteiger partial charge in [0.2, 0.25) is 0 Å². The van der Waals surface area contributed by atoms with Crippen LogP contribution < -0.4 is 16.5 Å². The van der Waals surface area contributed by atoms with Gasteiger partial charge in [0.25, 0.3) is 0 Å². The Kier molecular flexibility index (Phi) is 3.38. The van der Waals surface area contributed by atoms with Crippen LogP contribution in [0.5, 0.6) is 0 Å². The number of nitrogens with zero attached hydrogens (tertiary/aromatic N) is 2. The van der Waals surface area contributed by atoms with Crippen LogP contribution in [0, 0.1) is 0 Å². The Morgan fingerprint density at radius 2 is 2.00 bits per heavy atom. The predicted octanol–water partition coefficient (Wildman–Crippen LogP) is 2.59. The van der Waals surface area contributed by atoms with E-state index in [4.69, 9.17) is 16.8 Å². The van der Waals surface area contributed by atoms with Crippen molar-refractivity contribution in [2.75, 3.05) is 11.9 Å². The van der Waals surface area contributed by atoms with Gasteiger partial charge in [0.05, 0.1) is 16.6 Å². The maximum Gasteiger partial charge on any atom is 0.353 e. The van der Waals surface area contributed by atoms with Crippen molar-refractivity contribution in [3.63, 3.8) is 0 Å². The first-order valence-corrected chi connectivity index (χ1v) is 8.06. The standard InChI is InChI=1S/C17H15ClN4O3/c1-17(9-19-12-8-10(18)6-7-11(12)17)22-14-5-3-2-4-13(14)21(16(22)24)15(23)20-25/h2-8,19,25H,9H2,1H3,(H,20,23). The number of carbonyl (C=O) groups excluding carboxylic acids is 1. The highest BCUT2D eigenvalue weighted by molar-refractivity contribution is 6.30. The molecule has 0 saturated heterocycles. The molecule has 1 aliphatic heterocycles. The first-order valence-electron chi connectivity index (χ1n) is 7.68. The monoisotopic (exact) mass is 358 g/mol. The van der Waals surface area contributed by atoms with E-state index >= 15 is 0 Å². The molecule has 1 atom stereocenters. The minimum atomic E-state index is -0.897. The van der Waals surface area contributed by atoms with Gasteiger partial charge < -0.3 is 5.32 Å². The van der Waals surface area contributed by atoms with Gasteiger partial charge in [-0.05, 0) is 31.2 Å².